The molecule has 2 rings (SSSR count). The minimum absolute atomic E-state index is 0.339. The van der Waals surface area contributed by atoms with Gasteiger partial charge in [0.2, 0.25) is 0 Å². The fourth-order valence-corrected chi connectivity index (χ4v) is 3.91. The smallest absolute Gasteiger partial charge is 0.264 e. The Hall–Kier alpha value is -1.85. The molecular weight excluding hydrogens is 284 g/mol. The van der Waals surface area contributed by atoms with E-state index in [2.05, 4.69) is 0 Å². The lowest BCUT2D eigenvalue weighted by molar-refractivity contribution is 0.589. The van der Waals surface area contributed by atoms with Crippen molar-refractivity contribution in [3.05, 3.63) is 60.2 Å². The molecule has 0 bridgehead atoms. The molecule has 0 amide bonds. The van der Waals surface area contributed by atoms with E-state index in [9.17, 15) is 8.42 Å². The van der Waals surface area contributed by atoms with Crippen LogP contribution < -0.4 is 10.0 Å². The molecule has 0 aliphatic heterocycles. The molecule has 0 aromatic heterocycles. The first-order chi connectivity index (χ1) is 10.1. The second-order valence-corrected chi connectivity index (χ2v) is 6.65. The van der Waals surface area contributed by atoms with E-state index in [4.69, 9.17) is 5.73 Å². The number of nitrogens with two attached hydrogens (primary N) is 1. The number of rotatable bonds is 6. The van der Waals surface area contributed by atoms with Crippen LogP contribution in [0.25, 0.3) is 0 Å². The van der Waals surface area contributed by atoms with Gasteiger partial charge in [0.15, 0.2) is 0 Å². The predicted octanol–water partition coefficient (Wildman–Crippen LogP) is 2.54. The molecule has 0 saturated heterocycles. The van der Waals surface area contributed by atoms with Gasteiger partial charge in [0.1, 0.15) is 0 Å². The average molecular weight is 304 g/mol. The SMILES string of the molecule is Cc1ccccc1S(=O)(=O)N(CCCN)c1ccccc1. The summed E-state index contributed by atoms with van der Waals surface area (Å²) in [5.41, 5.74) is 6.95. The van der Waals surface area contributed by atoms with Crippen LogP contribution in [0.4, 0.5) is 5.69 Å². The summed E-state index contributed by atoms with van der Waals surface area (Å²) in [6.07, 6.45) is 0.611. The molecule has 2 aromatic rings. The molecule has 112 valence electrons. The molecule has 0 radical (unpaired) electrons. The van der Waals surface area contributed by atoms with Gasteiger partial charge < -0.3 is 5.73 Å². The minimum Gasteiger partial charge on any atom is -0.330 e. The van der Waals surface area contributed by atoms with Crippen molar-refractivity contribution in [1.82, 2.24) is 0 Å². The second-order valence-electron chi connectivity index (χ2n) is 4.82. The molecule has 0 saturated carbocycles. The maximum atomic E-state index is 12.9. The lowest BCUT2D eigenvalue weighted by atomic mass is 10.2. The van der Waals surface area contributed by atoms with Crippen molar-refractivity contribution in [2.45, 2.75) is 18.2 Å². The summed E-state index contributed by atoms with van der Waals surface area (Å²) in [7, 11) is -3.58. The second kappa shape index (κ2) is 6.74. The van der Waals surface area contributed by atoms with Crippen molar-refractivity contribution < 1.29 is 8.42 Å². The molecule has 4 nitrogen and oxygen atoms in total. The normalized spacial score (nSPS) is 11.3. The monoisotopic (exact) mass is 304 g/mol. The lowest BCUT2D eigenvalue weighted by Gasteiger charge is -2.25. The minimum atomic E-state index is -3.58. The zero-order valence-electron chi connectivity index (χ0n) is 12.1. The topological polar surface area (TPSA) is 63.4 Å². The van der Waals surface area contributed by atoms with Gasteiger partial charge in [-0.3, -0.25) is 4.31 Å². The Balaban J connectivity index is 2.48. The Bertz CT molecular complexity index is 684. The molecule has 0 atom stereocenters. The maximum absolute atomic E-state index is 12.9. The Morgan fingerprint density at radius 2 is 1.62 bits per heavy atom. The molecule has 5 heteroatoms. The Labute approximate surface area is 126 Å². The number of benzene rings is 2. The van der Waals surface area contributed by atoms with Crippen molar-refractivity contribution in [1.29, 1.82) is 0 Å². The highest BCUT2D eigenvalue weighted by molar-refractivity contribution is 7.92. The molecule has 21 heavy (non-hydrogen) atoms. The summed E-state index contributed by atoms with van der Waals surface area (Å²) in [5.74, 6) is 0. The molecule has 2 aromatic carbocycles. The molecule has 2 N–H and O–H groups in total. The maximum Gasteiger partial charge on any atom is 0.264 e. The van der Waals surface area contributed by atoms with Crippen LogP contribution in [0, 0.1) is 6.92 Å². The van der Waals surface area contributed by atoms with Gasteiger partial charge in [0.25, 0.3) is 10.0 Å². The quantitative estimate of drug-likeness (QED) is 0.892. The number of aryl methyl sites for hydroxylation is 1. The number of nitrogens with zero attached hydrogens (tertiary/aromatic N) is 1. The third-order valence-corrected chi connectivity index (χ3v) is 5.26. The van der Waals surface area contributed by atoms with Gasteiger partial charge >= 0.3 is 0 Å². The van der Waals surface area contributed by atoms with Crippen LogP contribution in [-0.2, 0) is 10.0 Å². The average Bonchev–Trinajstić information content (AvgIpc) is 2.49. The molecule has 0 unspecified atom stereocenters. The zero-order chi connectivity index (χ0) is 15.3. The third kappa shape index (κ3) is 3.43. The van der Waals surface area contributed by atoms with Crippen molar-refractivity contribution >= 4 is 15.7 Å². The van der Waals surface area contributed by atoms with Gasteiger partial charge in [-0.2, -0.15) is 0 Å². The van der Waals surface area contributed by atoms with Gasteiger partial charge in [0.05, 0.1) is 10.6 Å². The first-order valence-corrected chi connectivity index (χ1v) is 8.35. The van der Waals surface area contributed by atoms with E-state index < -0.39 is 10.0 Å². The van der Waals surface area contributed by atoms with E-state index in [-0.39, 0.29) is 0 Å². The fourth-order valence-electron chi connectivity index (χ4n) is 2.18. The van der Waals surface area contributed by atoms with Crippen LogP contribution in [0.1, 0.15) is 12.0 Å². The summed E-state index contributed by atoms with van der Waals surface area (Å²) in [6.45, 7) is 2.63. The van der Waals surface area contributed by atoms with Gasteiger partial charge in [-0.25, -0.2) is 8.42 Å². The van der Waals surface area contributed by atoms with Crippen molar-refractivity contribution in [2.24, 2.45) is 5.73 Å². The third-order valence-electron chi connectivity index (χ3n) is 3.27. The van der Waals surface area contributed by atoms with E-state index in [0.717, 1.165) is 5.56 Å². The zero-order valence-corrected chi connectivity index (χ0v) is 12.9. The van der Waals surface area contributed by atoms with Crippen LogP contribution in [0.3, 0.4) is 0 Å². The van der Waals surface area contributed by atoms with E-state index in [1.54, 1.807) is 37.3 Å². The van der Waals surface area contributed by atoms with E-state index >= 15 is 0 Å². The molecule has 0 fully saturated rings. The number of sulfonamides is 1. The van der Waals surface area contributed by atoms with Crippen LogP contribution in [0.5, 0.6) is 0 Å². The first kappa shape index (κ1) is 15.5. The van der Waals surface area contributed by atoms with Gasteiger partial charge in [-0.05, 0) is 43.7 Å². The standard InChI is InChI=1S/C16H20N2O2S/c1-14-8-5-6-11-16(14)21(19,20)18(13-7-12-17)15-9-3-2-4-10-15/h2-6,8-11H,7,12-13,17H2,1H3. The first-order valence-electron chi connectivity index (χ1n) is 6.91. The van der Waals surface area contributed by atoms with Gasteiger partial charge in [-0.15, -0.1) is 0 Å². The highest BCUT2D eigenvalue weighted by Crippen LogP contribution is 2.25. The van der Waals surface area contributed by atoms with Crippen LogP contribution in [0.15, 0.2) is 59.5 Å². The van der Waals surface area contributed by atoms with E-state index in [1.807, 2.05) is 24.3 Å². The number of hydrogen-bond donors (Lipinski definition) is 1. The number of anilines is 1. The highest BCUT2D eigenvalue weighted by Gasteiger charge is 2.25. The summed E-state index contributed by atoms with van der Waals surface area (Å²) in [4.78, 5) is 0.339. The predicted molar refractivity (Wildman–Crippen MR) is 85.8 cm³/mol. The molecule has 0 heterocycles. The fraction of sp³-hybridized carbons (Fsp3) is 0.250. The molecular formula is C16H20N2O2S. The molecule has 0 spiro atoms. The summed E-state index contributed by atoms with van der Waals surface area (Å²) in [5, 5.41) is 0. The van der Waals surface area contributed by atoms with Gasteiger partial charge in [-0.1, -0.05) is 36.4 Å². The van der Waals surface area contributed by atoms with Crippen LogP contribution >= 0.6 is 0 Å². The molecule has 0 aliphatic rings. The van der Waals surface area contributed by atoms with Crippen molar-refractivity contribution in [3.63, 3.8) is 0 Å². The number of para-hydroxylation sites is 1. The van der Waals surface area contributed by atoms with Crippen LogP contribution in [0.2, 0.25) is 0 Å². The number of hydrogen-bond acceptors (Lipinski definition) is 3. The summed E-state index contributed by atoms with van der Waals surface area (Å²) in [6, 6.07) is 16.1. The Kier molecular flexibility index (Phi) is 4.98. The van der Waals surface area contributed by atoms with Crippen molar-refractivity contribution in [3.8, 4) is 0 Å². The highest BCUT2D eigenvalue weighted by atomic mass is 32.2. The summed E-state index contributed by atoms with van der Waals surface area (Å²) < 4.78 is 27.3. The van der Waals surface area contributed by atoms with Crippen molar-refractivity contribution in [2.75, 3.05) is 17.4 Å². The molecule has 0 aliphatic carbocycles. The van der Waals surface area contributed by atoms with E-state index in [1.165, 1.54) is 4.31 Å². The Morgan fingerprint density at radius 3 is 2.24 bits per heavy atom. The van der Waals surface area contributed by atoms with Gasteiger partial charge in [0, 0.05) is 6.54 Å². The lowest BCUT2D eigenvalue weighted by Crippen LogP contribution is -2.33. The van der Waals surface area contributed by atoms with Crippen LogP contribution in [-0.4, -0.2) is 21.5 Å². The Morgan fingerprint density at radius 1 is 1.00 bits per heavy atom. The summed E-state index contributed by atoms with van der Waals surface area (Å²) >= 11 is 0. The largest absolute Gasteiger partial charge is 0.330 e. The van der Waals surface area contributed by atoms with E-state index in [0.29, 0.717) is 30.1 Å².